The molecule has 0 unspecified atom stereocenters. The summed E-state index contributed by atoms with van der Waals surface area (Å²) in [5.41, 5.74) is 2.06. The first-order valence-electron chi connectivity index (χ1n) is 12.7. The molecule has 200 valence electrons. The van der Waals surface area contributed by atoms with Gasteiger partial charge >= 0.3 is 5.97 Å². The van der Waals surface area contributed by atoms with Crippen molar-refractivity contribution in [3.8, 4) is 11.5 Å². The van der Waals surface area contributed by atoms with Crippen molar-refractivity contribution in [2.75, 3.05) is 20.3 Å². The summed E-state index contributed by atoms with van der Waals surface area (Å²) in [4.78, 5) is 27.5. The van der Waals surface area contributed by atoms with Crippen LogP contribution in [0.25, 0.3) is 0 Å². The molecule has 0 spiro atoms. The normalized spacial score (nSPS) is 15.4. The van der Waals surface area contributed by atoms with Crippen LogP contribution in [-0.4, -0.2) is 43.1 Å². The second kappa shape index (κ2) is 12.7. The lowest BCUT2D eigenvalue weighted by Gasteiger charge is -2.31. The molecule has 0 radical (unpaired) electrons. The molecule has 3 aromatic rings. The predicted molar refractivity (Wildman–Crippen MR) is 141 cm³/mol. The van der Waals surface area contributed by atoms with Crippen molar-refractivity contribution in [3.05, 3.63) is 95.3 Å². The SMILES string of the molecule is COC(=O)C[C@@H](N[C@@H]1c2ccccc2C(=O)N1CCCOC(C)C)c1ccc(F)c(Oc2ccccc2)c1. The Labute approximate surface area is 222 Å². The first-order chi connectivity index (χ1) is 18.4. The van der Waals surface area contributed by atoms with Gasteiger partial charge < -0.3 is 19.1 Å². The molecule has 3 aromatic carbocycles. The Morgan fingerprint density at radius 1 is 1.05 bits per heavy atom. The summed E-state index contributed by atoms with van der Waals surface area (Å²) in [6.07, 6.45) is 0.245. The van der Waals surface area contributed by atoms with E-state index in [0.29, 0.717) is 36.4 Å². The molecule has 0 fully saturated rings. The largest absolute Gasteiger partial charge is 0.469 e. The number of hydrogen-bond donors (Lipinski definition) is 1. The Hall–Kier alpha value is -3.75. The topological polar surface area (TPSA) is 77.1 Å². The van der Waals surface area contributed by atoms with Gasteiger partial charge in [-0.15, -0.1) is 0 Å². The lowest BCUT2D eigenvalue weighted by atomic mass is 10.0. The lowest BCUT2D eigenvalue weighted by Crippen LogP contribution is -2.40. The Morgan fingerprint density at radius 2 is 1.79 bits per heavy atom. The smallest absolute Gasteiger partial charge is 0.307 e. The van der Waals surface area contributed by atoms with Gasteiger partial charge in [-0.05, 0) is 56.2 Å². The number of nitrogens with zero attached hydrogens (tertiary/aromatic N) is 1. The van der Waals surface area contributed by atoms with Crippen molar-refractivity contribution in [1.82, 2.24) is 10.2 Å². The minimum Gasteiger partial charge on any atom is -0.469 e. The number of halogens is 1. The second-order valence-electron chi connectivity index (χ2n) is 9.37. The van der Waals surface area contributed by atoms with Gasteiger partial charge in [-0.2, -0.15) is 0 Å². The molecule has 1 aliphatic heterocycles. The fourth-order valence-electron chi connectivity index (χ4n) is 4.48. The van der Waals surface area contributed by atoms with Gasteiger partial charge in [0.05, 0.1) is 19.6 Å². The Morgan fingerprint density at radius 3 is 2.53 bits per heavy atom. The van der Waals surface area contributed by atoms with E-state index in [9.17, 15) is 14.0 Å². The third kappa shape index (κ3) is 6.57. The van der Waals surface area contributed by atoms with E-state index in [1.807, 2.05) is 38.1 Å². The summed E-state index contributed by atoms with van der Waals surface area (Å²) in [7, 11) is 1.32. The van der Waals surface area contributed by atoms with Crippen molar-refractivity contribution in [2.45, 2.75) is 45.0 Å². The lowest BCUT2D eigenvalue weighted by molar-refractivity contribution is -0.141. The van der Waals surface area contributed by atoms with Gasteiger partial charge in [0.25, 0.3) is 5.91 Å². The van der Waals surface area contributed by atoms with E-state index in [1.54, 1.807) is 47.4 Å². The van der Waals surface area contributed by atoms with Crippen LogP contribution in [0.15, 0.2) is 72.8 Å². The number of hydrogen-bond acceptors (Lipinski definition) is 6. The van der Waals surface area contributed by atoms with Crippen LogP contribution < -0.4 is 10.1 Å². The van der Waals surface area contributed by atoms with Crippen LogP contribution in [0.5, 0.6) is 11.5 Å². The van der Waals surface area contributed by atoms with Gasteiger partial charge in [0.2, 0.25) is 0 Å². The van der Waals surface area contributed by atoms with E-state index in [0.717, 1.165) is 5.56 Å². The van der Waals surface area contributed by atoms with Crippen LogP contribution in [0.4, 0.5) is 4.39 Å². The number of nitrogens with one attached hydrogen (secondary N) is 1. The molecule has 0 bridgehead atoms. The highest BCUT2D eigenvalue weighted by atomic mass is 19.1. The Kier molecular flexibility index (Phi) is 9.10. The average molecular weight is 521 g/mol. The fraction of sp³-hybridized carbons (Fsp3) is 0.333. The van der Waals surface area contributed by atoms with Crippen LogP contribution in [0, 0.1) is 5.82 Å². The first kappa shape index (κ1) is 27.3. The van der Waals surface area contributed by atoms with Crippen molar-refractivity contribution in [3.63, 3.8) is 0 Å². The number of carbonyl (C=O) groups excluding carboxylic acids is 2. The third-order valence-electron chi connectivity index (χ3n) is 6.34. The molecule has 4 rings (SSSR count). The van der Waals surface area contributed by atoms with Gasteiger partial charge in [0.1, 0.15) is 11.9 Å². The Balaban J connectivity index is 1.63. The molecule has 1 amide bonds. The van der Waals surface area contributed by atoms with Crippen LogP contribution in [0.1, 0.15) is 60.4 Å². The molecule has 1 aliphatic rings. The highest BCUT2D eigenvalue weighted by Crippen LogP contribution is 2.36. The molecular formula is C30H33FN2O5. The maximum Gasteiger partial charge on any atom is 0.307 e. The summed E-state index contributed by atoms with van der Waals surface area (Å²) in [6.45, 7) is 4.93. The highest BCUT2D eigenvalue weighted by molar-refractivity contribution is 5.99. The molecular weight excluding hydrogens is 487 g/mol. The van der Waals surface area contributed by atoms with Gasteiger partial charge in [-0.3, -0.25) is 14.9 Å². The zero-order valence-corrected chi connectivity index (χ0v) is 21.9. The molecule has 8 heteroatoms. The number of rotatable bonds is 12. The molecule has 0 aliphatic carbocycles. The first-order valence-corrected chi connectivity index (χ1v) is 12.7. The van der Waals surface area contributed by atoms with Crippen LogP contribution in [-0.2, 0) is 14.3 Å². The van der Waals surface area contributed by atoms with E-state index in [1.165, 1.54) is 13.2 Å². The van der Waals surface area contributed by atoms with Crippen molar-refractivity contribution < 1.29 is 28.2 Å². The molecule has 0 saturated heterocycles. The number of carbonyl (C=O) groups is 2. The number of benzene rings is 3. The quantitative estimate of drug-likeness (QED) is 0.241. The van der Waals surface area contributed by atoms with Gasteiger partial charge in [0.15, 0.2) is 11.6 Å². The summed E-state index contributed by atoms with van der Waals surface area (Å²) in [5.74, 6) is -0.525. The number of amides is 1. The summed E-state index contributed by atoms with van der Waals surface area (Å²) in [6, 6.07) is 20.2. The van der Waals surface area contributed by atoms with E-state index >= 15 is 0 Å². The van der Waals surface area contributed by atoms with Crippen molar-refractivity contribution in [2.24, 2.45) is 0 Å². The van der Waals surface area contributed by atoms with Gasteiger partial charge in [-0.1, -0.05) is 42.5 Å². The molecule has 1 N–H and O–H groups in total. The maximum absolute atomic E-state index is 14.7. The average Bonchev–Trinajstić information content (AvgIpc) is 3.18. The Bertz CT molecular complexity index is 1250. The summed E-state index contributed by atoms with van der Waals surface area (Å²) in [5, 5.41) is 3.48. The highest BCUT2D eigenvalue weighted by Gasteiger charge is 2.37. The molecule has 2 atom stereocenters. The monoisotopic (exact) mass is 520 g/mol. The zero-order chi connectivity index (χ0) is 27.1. The minimum atomic E-state index is -0.584. The van der Waals surface area contributed by atoms with Crippen LogP contribution in [0.3, 0.4) is 0 Å². The second-order valence-corrected chi connectivity index (χ2v) is 9.37. The maximum atomic E-state index is 14.7. The summed E-state index contributed by atoms with van der Waals surface area (Å²) < 4.78 is 31.1. The third-order valence-corrected chi connectivity index (χ3v) is 6.34. The molecule has 1 heterocycles. The molecule has 0 saturated carbocycles. The molecule has 7 nitrogen and oxygen atoms in total. The van der Waals surface area contributed by atoms with Gasteiger partial charge in [-0.25, -0.2) is 4.39 Å². The van der Waals surface area contributed by atoms with E-state index in [2.05, 4.69) is 5.32 Å². The minimum absolute atomic E-state index is 0.0237. The van der Waals surface area contributed by atoms with Crippen molar-refractivity contribution in [1.29, 1.82) is 0 Å². The molecule has 0 aromatic heterocycles. The van der Waals surface area contributed by atoms with E-state index < -0.39 is 24.0 Å². The van der Waals surface area contributed by atoms with E-state index in [-0.39, 0.29) is 24.2 Å². The standard InChI is InChI=1S/C30H33FN2O5/c1-20(2)37-17-9-16-33-29(23-12-7-8-13-24(23)30(33)35)32-26(19-28(34)36-3)21-14-15-25(31)27(18-21)38-22-10-5-4-6-11-22/h4-8,10-15,18,20,26,29,32H,9,16-17,19H2,1-3H3/t26-,29+/m1/s1. The number of fused-ring (bicyclic) bond motifs is 1. The van der Waals surface area contributed by atoms with E-state index in [4.69, 9.17) is 14.2 Å². The number of para-hydroxylation sites is 1. The molecule has 38 heavy (non-hydrogen) atoms. The number of ether oxygens (including phenoxy) is 3. The van der Waals surface area contributed by atoms with Crippen LogP contribution >= 0.6 is 0 Å². The van der Waals surface area contributed by atoms with Crippen LogP contribution in [0.2, 0.25) is 0 Å². The van der Waals surface area contributed by atoms with Crippen molar-refractivity contribution >= 4 is 11.9 Å². The number of esters is 1. The zero-order valence-electron chi connectivity index (χ0n) is 21.9. The fourth-order valence-corrected chi connectivity index (χ4v) is 4.48. The van der Waals surface area contributed by atoms with Gasteiger partial charge in [0, 0.05) is 30.3 Å². The summed E-state index contributed by atoms with van der Waals surface area (Å²) >= 11 is 0. The number of methoxy groups -OCH3 is 1. The predicted octanol–water partition coefficient (Wildman–Crippen LogP) is 5.78.